The van der Waals surface area contributed by atoms with Crippen molar-refractivity contribution in [1.29, 1.82) is 0 Å². The highest BCUT2D eigenvalue weighted by atomic mass is 32.1. The Labute approximate surface area is 116 Å². The fraction of sp³-hybridized carbons (Fsp3) is 0.308. The zero-order valence-electron chi connectivity index (χ0n) is 10.8. The third-order valence-corrected chi connectivity index (χ3v) is 3.02. The van der Waals surface area contributed by atoms with E-state index >= 15 is 0 Å². The number of H-pyrrole nitrogens is 1. The van der Waals surface area contributed by atoms with E-state index in [1.807, 2.05) is 6.07 Å². The van der Waals surface area contributed by atoms with E-state index in [0.717, 1.165) is 17.8 Å². The van der Waals surface area contributed by atoms with Gasteiger partial charge in [-0.25, -0.2) is 4.68 Å². The number of nitrogens with one attached hydrogen (secondary N) is 1. The van der Waals surface area contributed by atoms with Gasteiger partial charge in [-0.05, 0) is 30.5 Å². The second kappa shape index (κ2) is 5.36. The molecule has 0 aliphatic rings. The SMILES string of the molecule is CC(C)Cc1cc(=S)n(-c2ccc([N+](=O)[O-])cc2)[nH]1. The number of aromatic nitrogens is 2. The molecule has 0 saturated heterocycles. The van der Waals surface area contributed by atoms with Crippen molar-refractivity contribution in [2.24, 2.45) is 5.92 Å². The predicted molar refractivity (Wildman–Crippen MR) is 76.2 cm³/mol. The van der Waals surface area contributed by atoms with E-state index in [1.165, 1.54) is 12.1 Å². The lowest BCUT2D eigenvalue weighted by Gasteiger charge is -2.04. The Balaban J connectivity index is 2.33. The number of nitro benzene ring substituents is 1. The molecule has 0 radical (unpaired) electrons. The molecule has 0 aliphatic heterocycles. The molecule has 1 heterocycles. The Morgan fingerprint density at radius 3 is 2.53 bits per heavy atom. The van der Waals surface area contributed by atoms with E-state index in [2.05, 4.69) is 18.9 Å². The average Bonchev–Trinajstić information content (AvgIpc) is 2.69. The highest BCUT2D eigenvalue weighted by Gasteiger charge is 2.07. The second-order valence-corrected chi connectivity index (χ2v) is 5.24. The number of benzene rings is 1. The minimum absolute atomic E-state index is 0.0734. The topological polar surface area (TPSA) is 63.9 Å². The maximum atomic E-state index is 10.6. The molecule has 2 rings (SSSR count). The Morgan fingerprint density at radius 2 is 2.00 bits per heavy atom. The number of hydrogen-bond donors (Lipinski definition) is 1. The number of aromatic amines is 1. The quantitative estimate of drug-likeness (QED) is 0.527. The first-order valence-corrected chi connectivity index (χ1v) is 6.44. The van der Waals surface area contributed by atoms with Gasteiger partial charge in [-0.1, -0.05) is 26.1 Å². The normalized spacial score (nSPS) is 10.9. The Bertz CT molecular complexity index is 641. The molecule has 0 atom stereocenters. The van der Waals surface area contributed by atoms with Crippen LogP contribution in [0.5, 0.6) is 0 Å². The molecular weight excluding hydrogens is 262 g/mol. The van der Waals surface area contributed by atoms with Crippen LogP contribution < -0.4 is 0 Å². The van der Waals surface area contributed by atoms with Gasteiger partial charge in [0.05, 0.1) is 10.6 Å². The van der Waals surface area contributed by atoms with Crippen LogP contribution in [0, 0.1) is 20.7 Å². The van der Waals surface area contributed by atoms with Crippen molar-refractivity contribution < 1.29 is 4.92 Å². The average molecular weight is 277 g/mol. The van der Waals surface area contributed by atoms with E-state index in [1.54, 1.807) is 16.8 Å². The first-order valence-electron chi connectivity index (χ1n) is 6.03. The second-order valence-electron chi connectivity index (χ2n) is 4.83. The zero-order valence-corrected chi connectivity index (χ0v) is 11.6. The molecule has 6 heteroatoms. The number of nitrogens with zero attached hydrogens (tertiary/aromatic N) is 2. The van der Waals surface area contributed by atoms with Crippen LogP contribution in [-0.4, -0.2) is 14.7 Å². The van der Waals surface area contributed by atoms with Gasteiger partial charge in [-0.15, -0.1) is 0 Å². The molecule has 0 unspecified atom stereocenters. The van der Waals surface area contributed by atoms with Gasteiger partial charge in [-0.2, -0.15) is 0 Å². The van der Waals surface area contributed by atoms with Crippen molar-refractivity contribution >= 4 is 17.9 Å². The van der Waals surface area contributed by atoms with E-state index in [4.69, 9.17) is 12.2 Å². The molecule has 0 bridgehead atoms. The number of hydrogen-bond acceptors (Lipinski definition) is 3. The molecule has 1 aromatic heterocycles. The van der Waals surface area contributed by atoms with Crippen LogP contribution in [0.25, 0.3) is 5.69 Å². The molecule has 0 spiro atoms. The maximum Gasteiger partial charge on any atom is 0.269 e. The van der Waals surface area contributed by atoms with Gasteiger partial charge >= 0.3 is 0 Å². The largest absolute Gasteiger partial charge is 0.297 e. The van der Waals surface area contributed by atoms with Crippen LogP contribution in [0.1, 0.15) is 19.5 Å². The molecule has 1 N–H and O–H groups in total. The smallest absolute Gasteiger partial charge is 0.269 e. The Morgan fingerprint density at radius 1 is 1.37 bits per heavy atom. The molecule has 100 valence electrons. The van der Waals surface area contributed by atoms with Crippen LogP contribution in [-0.2, 0) is 6.42 Å². The maximum absolute atomic E-state index is 10.6. The highest BCUT2D eigenvalue weighted by Crippen LogP contribution is 2.16. The van der Waals surface area contributed by atoms with Crippen molar-refractivity contribution in [2.45, 2.75) is 20.3 Å². The third-order valence-electron chi connectivity index (χ3n) is 2.72. The van der Waals surface area contributed by atoms with Crippen LogP contribution in [0.15, 0.2) is 30.3 Å². The summed E-state index contributed by atoms with van der Waals surface area (Å²) in [5, 5.41) is 13.8. The Kier molecular flexibility index (Phi) is 3.80. The molecule has 1 aromatic carbocycles. The summed E-state index contributed by atoms with van der Waals surface area (Å²) in [6.07, 6.45) is 0.920. The van der Waals surface area contributed by atoms with Gasteiger partial charge in [0.1, 0.15) is 4.64 Å². The highest BCUT2D eigenvalue weighted by molar-refractivity contribution is 7.71. The molecule has 0 amide bonds. The summed E-state index contributed by atoms with van der Waals surface area (Å²) in [5.74, 6) is 0.540. The van der Waals surface area contributed by atoms with Crippen LogP contribution in [0.4, 0.5) is 5.69 Å². The number of non-ortho nitro benzene ring substituents is 1. The summed E-state index contributed by atoms with van der Waals surface area (Å²) in [5.41, 5.74) is 1.94. The van der Waals surface area contributed by atoms with Gasteiger partial charge in [0, 0.05) is 17.8 Å². The van der Waals surface area contributed by atoms with Gasteiger partial charge in [0.2, 0.25) is 0 Å². The predicted octanol–water partition coefficient (Wildman–Crippen LogP) is 3.64. The summed E-state index contributed by atoms with van der Waals surface area (Å²) in [4.78, 5) is 10.2. The molecule has 0 saturated carbocycles. The number of nitro groups is 1. The van der Waals surface area contributed by atoms with Gasteiger partial charge < -0.3 is 0 Å². The molecule has 19 heavy (non-hydrogen) atoms. The summed E-state index contributed by atoms with van der Waals surface area (Å²) in [7, 11) is 0. The lowest BCUT2D eigenvalue weighted by atomic mass is 10.1. The van der Waals surface area contributed by atoms with Gasteiger partial charge in [0.25, 0.3) is 5.69 Å². The van der Waals surface area contributed by atoms with Crippen LogP contribution in [0.3, 0.4) is 0 Å². The van der Waals surface area contributed by atoms with E-state index in [9.17, 15) is 10.1 Å². The standard InChI is InChI=1S/C13H15N3O2S/c1-9(2)7-10-8-13(19)15(14-10)11-3-5-12(6-4-11)16(17)18/h3-6,8-9,14H,7H2,1-2H3. The van der Waals surface area contributed by atoms with E-state index < -0.39 is 4.92 Å². The van der Waals surface area contributed by atoms with Crippen molar-refractivity contribution in [3.8, 4) is 5.69 Å². The summed E-state index contributed by atoms with van der Waals surface area (Å²) < 4.78 is 2.43. The molecule has 5 nitrogen and oxygen atoms in total. The summed E-state index contributed by atoms with van der Waals surface area (Å²) in [6, 6.07) is 8.24. The lowest BCUT2D eigenvalue weighted by Crippen LogP contribution is -2.00. The summed E-state index contributed by atoms with van der Waals surface area (Å²) >= 11 is 5.29. The van der Waals surface area contributed by atoms with Crippen LogP contribution >= 0.6 is 12.2 Å². The fourth-order valence-electron chi connectivity index (χ4n) is 1.90. The molecular formula is C13H15N3O2S. The van der Waals surface area contributed by atoms with Gasteiger partial charge in [-0.3, -0.25) is 15.2 Å². The fourth-order valence-corrected chi connectivity index (χ4v) is 2.20. The number of rotatable bonds is 4. The summed E-state index contributed by atoms with van der Waals surface area (Å²) in [6.45, 7) is 4.28. The van der Waals surface area contributed by atoms with Crippen molar-refractivity contribution in [1.82, 2.24) is 9.78 Å². The van der Waals surface area contributed by atoms with Crippen LogP contribution in [0.2, 0.25) is 0 Å². The molecule has 2 aromatic rings. The van der Waals surface area contributed by atoms with Crippen molar-refractivity contribution in [3.63, 3.8) is 0 Å². The monoisotopic (exact) mass is 277 g/mol. The molecule has 0 fully saturated rings. The lowest BCUT2D eigenvalue weighted by molar-refractivity contribution is -0.384. The third kappa shape index (κ3) is 3.08. The first-order chi connectivity index (χ1) is 8.97. The Hall–Kier alpha value is -1.95. The minimum Gasteiger partial charge on any atom is -0.297 e. The van der Waals surface area contributed by atoms with Crippen molar-refractivity contribution in [2.75, 3.05) is 0 Å². The van der Waals surface area contributed by atoms with Gasteiger partial charge in [0.15, 0.2) is 0 Å². The van der Waals surface area contributed by atoms with Crippen molar-refractivity contribution in [3.05, 3.63) is 50.8 Å². The minimum atomic E-state index is -0.415. The molecule has 0 aliphatic carbocycles. The van der Waals surface area contributed by atoms with E-state index in [0.29, 0.717) is 10.6 Å². The first kappa shape index (κ1) is 13.5. The van der Waals surface area contributed by atoms with E-state index in [-0.39, 0.29) is 5.69 Å². The zero-order chi connectivity index (χ0) is 14.0.